The van der Waals surface area contributed by atoms with Gasteiger partial charge in [-0.25, -0.2) is 8.42 Å². The Morgan fingerprint density at radius 1 is 1.29 bits per heavy atom. The molecule has 2 aromatic rings. The molecule has 0 saturated heterocycles. The van der Waals surface area contributed by atoms with Crippen LogP contribution in [0.15, 0.2) is 35.2 Å². The molecule has 1 aromatic carbocycles. The van der Waals surface area contributed by atoms with Crippen molar-refractivity contribution in [3.8, 4) is 5.75 Å². The van der Waals surface area contributed by atoms with Crippen molar-refractivity contribution in [3.05, 3.63) is 44.6 Å². The number of thiophene rings is 1. The summed E-state index contributed by atoms with van der Waals surface area (Å²) < 4.78 is 26.8. The smallest absolute Gasteiger partial charge is 0.245 e. The second-order valence-electron chi connectivity index (χ2n) is 4.44. The molecule has 1 N–H and O–H groups in total. The van der Waals surface area contributed by atoms with Gasteiger partial charge in [-0.3, -0.25) is 0 Å². The van der Waals surface area contributed by atoms with E-state index in [4.69, 9.17) is 23.2 Å². The van der Waals surface area contributed by atoms with Crippen LogP contribution >= 0.6 is 34.5 Å². The molecule has 114 valence electrons. The van der Waals surface area contributed by atoms with Crippen LogP contribution in [0.5, 0.6) is 5.75 Å². The van der Waals surface area contributed by atoms with E-state index in [0.717, 1.165) is 15.6 Å². The molecule has 0 aliphatic heterocycles. The maximum Gasteiger partial charge on any atom is 0.245 e. The van der Waals surface area contributed by atoms with E-state index in [9.17, 15) is 13.5 Å². The topological polar surface area (TPSA) is 57.6 Å². The Morgan fingerprint density at radius 2 is 1.90 bits per heavy atom. The maximum absolute atomic E-state index is 12.6. The zero-order valence-electron chi connectivity index (χ0n) is 11.2. The van der Waals surface area contributed by atoms with Gasteiger partial charge in [0.2, 0.25) is 10.0 Å². The molecular weight excluding hydrogens is 353 g/mol. The predicted octanol–water partition coefficient (Wildman–Crippen LogP) is 4.14. The minimum atomic E-state index is -3.80. The quantitative estimate of drug-likeness (QED) is 0.885. The standard InChI is InChI=1S/C13H13Cl2NO3S2/c1-8(9-5-3-4-6-10(9)17)16(2)21(18,19)11-7-12(14)20-13(11)15/h3-8,17H,1-2H3. The van der Waals surface area contributed by atoms with Gasteiger partial charge in [0.25, 0.3) is 0 Å². The number of sulfonamides is 1. The van der Waals surface area contributed by atoms with Crippen molar-refractivity contribution >= 4 is 44.6 Å². The molecular formula is C13H13Cl2NO3S2. The molecule has 0 aliphatic rings. The number of rotatable bonds is 4. The zero-order valence-corrected chi connectivity index (χ0v) is 14.4. The minimum absolute atomic E-state index is 0.0241. The van der Waals surface area contributed by atoms with Crippen LogP contribution < -0.4 is 0 Å². The second-order valence-corrected chi connectivity index (χ2v) is 8.70. The van der Waals surface area contributed by atoms with Crippen LogP contribution in [0.3, 0.4) is 0 Å². The largest absolute Gasteiger partial charge is 0.508 e. The van der Waals surface area contributed by atoms with Crippen LogP contribution in [0, 0.1) is 0 Å². The highest BCUT2D eigenvalue weighted by atomic mass is 35.5. The number of halogens is 2. The summed E-state index contributed by atoms with van der Waals surface area (Å²) in [6, 6.07) is 7.38. The van der Waals surface area contributed by atoms with Crippen molar-refractivity contribution in [1.29, 1.82) is 0 Å². The summed E-state index contributed by atoms with van der Waals surface area (Å²) in [6.45, 7) is 1.69. The highest BCUT2D eigenvalue weighted by molar-refractivity contribution is 7.89. The van der Waals surface area contributed by atoms with Crippen LogP contribution in [-0.4, -0.2) is 24.9 Å². The van der Waals surface area contributed by atoms with Crippen LogP contribution in [-0.2, 0) is 10.0 Å². The molecule has 0 amide bonds. The third kappa shape index (κ3) is 3.19. The first-order chi connectivity index (χ1) is 9.75. The van der Waals surface area contributed by atoms with E-state index in [1.54, 1.807) is 25.1 Å². The highest BCUT2D eigenvalue weighted by Gasteiger charge is 2.30. The third-order valence-electron chi connectivity index (χ3n) is 3.21. The van der Waals surface area contributed by atoms with Gasteiger partial charge >= 0.3 is 0 Å². The number of hydrogen-bond donors (Lipinski definition) is 1. The van der Waals surface area contributed by atoms with Gasteiger partial charge in [-0.05, 0) is 19.1 Å². The van der Waals surface area contributed by atoms with Crippen molar-refractivity contribution in [2.24, 2.45) is 0 Å². The number of para-hydroxylation sites is 1. The molecule has 1 atom stereocenters. The van der Waals surface area contributed by atoms with Gasteiger partial charge in [0, 0.05) is 12.6 Å². The van der Waals surface area contributed by atoms with Crippen molar-refractivity contribution in [3.63, 3.8) is 0 Å². The normalized spacial score (nSPS) is 13.6. The molecule has 1 unspecified atom stereocenters. The summed E-state index contributed by atoms with van der Waals surface area (Å²) in [5.41, 5.74) is 0.515. The fourth-order valence-corrected chi connectivity index (χ4v) is 5.35. The Balaban J connectivity index is 2.41. The molecule has 0 saturated carbocycles. The predicted molar refractivity (Wildman–Crippen MR) is 85.8 cm³/mol. The summed E-state index contributed by atoms with van der Waals surface area (Å²) in [5, 5.41) is 9.86. The van der Waals surface area contributed by atoms with Crippen molar-refractivity contribution in [2.45, 2.75) is 17.9 Å². The molecule has 0 spiro atoms. The average molecular weight is 366 g/mol. The molecule has 0 bridgehead atoms. The first-order valence-electron chi connectivity index (χ1n) is 5.96. The maximum atomic E-state index is 12.6. The first kappa shape index (κ1) is 16.6. The Labute approximate surface area is 137 Å². The lowest BCUT2D eigenvalue weighted by atomic mass is 10.1. The van der Waals surface area contributed by atoms with E-state index in [2.05, 4.69) is 0 Å². The Kier molecular flexibility index (Phi) is 4.85. The summed E-state index contributed by atoms with van der Waals surface area (Å²) in [4.78, 5) is -0.0241. The molecule has 8 heteroatoms. The molecule has 0 aliphatic carbocycles. The van der Waals surface area contributed by atoms with E-state index < -0.39 is 16.1 Å². The van der Waals surface area contributed by atoms with Gasteiger partial charge in [-0.15, -0.1) is 11.3 Å². The van der Waals surface area contributed by atoms with Gasteiger partial charge in [0.05, 0.1) is 10.4 Å². The third-order valence-corrected chi connectivity index (χ3v) is 6.90. The Hall–Kier alpha value is -0.790. The monoisotopic (exact) mass is 365 g/mol. The molecule has 1 aromatic heterocycles. The lowest BCUT2D eigenvalue weighted by Gasteiger charge is -2.24. The Bertz CT molecular complexity index is 759. The second kappa shape index (κ2) is 6.14. The van der Waals surface area contributed by atoms with Crippen molar-refractivity contribution in [2.75, 3.05) is 7.05 Å². The molecule has 4 nitrogen and oxygen atoms in total. The SMILES string of the molecule is CC(c1ccccc1O)N(C)S(=O)(=O)c1cc(Cl)sc1Cl. The van der Waals surface area contributed by atoms with Crippen molar-refractivity contribution in [1.82, 2.24) is 4.31 Å². The number of phenolic OH excluding ortho intramolecular Hbond substituents is 1. The van der Waals surface area contributed by atoms with E-state index >= 15 is 0 Å². The van der Waals surface area contributed by atoms with Crippen LogP contribution in [0.25, 0.3) is 0 Å². The van der Waals surface area contributed by atoms with E-state index in [1.165, 1.54) is 19.2 Å². The van der Waals surface area contributed by atoms with Gasteiger partial charge in [0.1, 0.15) is 15.0 Å². The van der Waals surface area contributed by atoms with Gasteiger partial charge in [-0.2, -0.15) is 4.31 Å². The zero-order chi connectivity index (χ0) is 15.8. The van der Waals surface area contributed by atoms with Gasteiger partial charge in [0.15, 0.2) is 0 Å². The molecule has 21 heavy (non-hydrogen) atoms. The summed E-state index contributed by atoms with van der Waals surface area (Å²) >= 11 is 12.7. The minimum Gasteiger partial charge on any atom is -0.508 e. The molecule has 2 rings (SSSR count). The lowest BCUT2D eigenvalue weighted by molar-refractivity contribution is 0.381. The summed E-state index contributed by atoms with van der Waals surface area (Å²) in [6.07, 6.45) is 0. The van der Waals surface area contributed by atoms with Gasteiger partial charge in [-0.1, -0.05) is 41.4 Å². The average Bonchev–Trinajstić information content (AvgIpc) is 2.77. The molecule has 0 fully saturated rings. The lowest BCUT2D eigenvalue weighted by Crippen LogP contribution is -2.29. The van der Waals surface area contributed by atoms with Gasteiger partial charge < -0.3 is 5.11 Å². The summed E-state index contributed by atoms with van der Waals surface area (Å²) in [5.74, 6) is 0.0431. The first-order valence-corrected chi connectivity index (χ1v) is 8.97. The number of nitrogens with zero attached hydrogens (tertiary/aromatic N) is 1. The fraction of sp³-hybridized carbons (Fsp3) is 0.231. The number of aromatic hydroxyl groups is 1. The van der Waals surface area contributed by atoms with E-state index in [1.807, 2.05) is 0 Å². The number of hydrogen-bond acceptors (Lipinski definition) is 4. The van der Waals surface area contributed by atoms with E-state index in [-0.39, 0.29) is 15.0 Å². The van der Waals surface area contributed by atoms with E-state index in [0.29, 0.717) is 9.90 Å². The Morgan fingerprint density at radius 3 is 2.43 bits per heavy atom. The summed E-state index contributed by atoms with van der Waals surface area (Å²) in [7, 11) is -2.36. The highest BCUT2D eigenvalue weighted by Crippen LogP contribution is 2.38. The number of benzene rings is 1. The number of phenols is 1. The molecule has 1 heterocycles. The fourth-order valence-electron chi connectivity index (χ4n) is 1.90. The van der Waals surface area contributed by atoms with Crippen LogP contribution in [0.4, 0.5) is 0 Å². The molecule has 0 radical (unpaired) electrons. The van der Waals surface area contributed by atoms with Crippen molar-refractivity contribution < 1.29 is 13.5 Å². The van der Waals surface area contributed by atoms with Crippen LogP contribution in [0.1, 0.15) is 18.5 Å². The van der Waals surface area contributed by atoms with Crippen LogP contribution in [0.2, 0.25) is 8.67 Å².